The molecule has 5 rings (SSSR count). The fourth-order valence-electron chi connectivity index (χ4n) is 5.25. The SMILES string of the molecule is Cc1cc(C)n(-c2cccc(CN[C@H]3CCCN(C4Cc5ccccc5C4)C3)c2)n1. The van der Waals surface area contributed by atoms with Crippen molar-refractivity contribution in [1.29, 1.82) is 0 Å². The topological polar surface area (TPSA) is 33.1 Å². The van der Waals surface area contributed by atoms with Crippen LogP contribution < -0.4 is 5.32 Å². The molecule has 0 radical (unpaired) electrons. The van der Waals surface area contributed by atoms with Gasteiger partial charge in [-0.2, -0.15) is 5.10 Å². The number of hydrogen-bond donors (Lipinski definition) is 1. The molecule has 2 heterocycles. The van der Waals surface area contributed by atoms with Gasteiger partial charge in [0.25, 0.3) is 0 Å². The zero-order valence-electron chi connectivity index (χ0n) is 18.1. The van der Waals surface area contributed by atoms with Crippen LogP contribution in [0.4, 0.5) is 0 Å². The quantitative estimate of drug-likeness (QED) is 0.696. The van der Waals surface area contributed by atoms with E-state index in [1.807, 2.05) is 11.6 Å². The molecule has 2 aromatic carbocycles. The maximum absolute atomic E-state index is 4.63. The molecule has 1 atom stereocenters. The summed E-state index contributed by atoms with van der Waals surface area (Å²) < 4.78 is 2.04. The van der Waals surface area contributed by atoms with Gasteiger partial charge in [-0.15, -0.1) is 0 Å². The van der Waals surface area contributed by atoms with E-state index in [0.29, 0.717) is 12.1 Å². The number of hydrogen-bond acceptors (Lipinski definition) is 3. The maximum atomic E-state index is 4.63. The summed E-state index contributed by atoms with van der Waals surface area (Å²) in [5.74, 6) is 0. The molecule has 0 spiro atoms. The van der Waals surface area contributed by atoms with E-state index in [1.54, 1.807) is 11.1 Å². The third-order valence-electron chi connectivity index (χ3n) is 6.76. The fourth-order valence-corrected chi connectivity index (χ4v) is 5.25. The summed E-state index contributed by atoms with van der Waals surface area (Å²) in [6, 6.07) is 21.1. The highest BCUT2D eigenvalue weighted by atomic mass is 15.3. The van der Waals surface area contributed by atoms with E-state index in [9.17, 15) is 0 Å². The van der Waals surface area contributed by atoms with Crippen molar-refractivity contribution in [2.24, 2.45) is 0 Å². The third-order valence-corrected chi connectivity index (χ3v) is 6.76. The molecule has 3 aromatic rings. The van der Waals surface area contributed by atoms with Gasteiger partial charge in [-0.3, -0.25) is 4.90 Å². The summed E-state index contributed by atoms with van der Waals surface area (Å²) in [5, 5.41) is 8.47. The molecule has 1 N–H and O–H groups in total. The molecule has 1 aromatic heterocycles. The highest BCUT2D eigenvalue weighted by Gasteiger charge is 2.30. The standard InChI is InChI=1S/C26H32N4/c1-19-13-20(2)30(28-19)25-11-5-7-21(14-25)17-27-24-10-6-12-29(18-24)26-15-22-8-3-4-9-23(22)16-26/h3-5,7-9,11,13-14,24,26-27H,6,10,12,15-18H2,1-2H3/t24-/m0/s1. The van der Waals surface area contributed by atoms with Crippen molar-refractivity contribution in [2.45, 2.75) is 58.2 Å². The third kappa shape index (κ3) is 4.07. The molecule has 30 heavy (non-hydrogen) atoms. The molecule has 0 amide bonds. The Bertz CT molecular complexity index is 996. The van der Waals surface area contributed by atoms with E-state index in [-0.39, 0.29) is 0 Å². The van der Waals surface area contributed by atoms with Gasteiger partial charge in [0.1, 0.15) is 0 Å². The zero-order valence-corrected chi connectivity index (χ0v) is 18.1. The van der Waals surface area contributed by atoms with Crippen molar-refractivity contribution in [2.75, 3.05) is 13.1 Å². The molecule has 0 unspecified atom stereocenters. The minimum atomic E-state index is 0.569. The lowest BCUT2D eigenvalue weighted by Crippen LogP contribution is -2.49. The Morgan fingerprint density at radius 2 is 1.80 bits per heavy atom. The van der Waals surface area contributed by atoms with Gasteiger partial charge in [-0.25, -0.2) is 4.68 Å². The Morgan fingerprint density at radius 3 is 2.53 bits per heavy atom. The van der Waals surface area contributed by atoms with E-state index >= 15 is 0 Å². The minimum absolute atomic E-state index is 0.569. The molecule has 1 aliphatic heterocycles. The first-order valence-electron chi connectivity index (χ1n) is 11.3. The van der Waals surface area contributed by atoms with E-state index < -0.39 is 0 Å². The predicted octanol–water partition coefficient (Wildman–Crippen LogP) is 4.21. The van der Waals surface area contributed by atoms with Crippen LogP contribution in [0.15, 0.2) is 54.6 Å². The van der Waals surface area contributed by atoms with Gasteiger partial charge < -0.3 is 5.32 Å². The smallest absolute Gasteiger partial charge is 0.0651 e. The van der Waals surface area contributed by atoms with Gasteiger partial charge in [-0.1, -0.05) is 36.4 Å². The van der Waals surface area contributed by atoms with Crippen molar-refractivity contribution in [3.05, 3.63) is 82.7 Å². The van der Waals surface area contributed by atoms with Gasteiger partial charge >= 0.3 is 0 Å². The number of rotatable bonds is 5. The second-order valence-electron chi connectivity index (χ2n) is 9.05. The monoisotopic (exact) mass is 400 g/mol. The number of fused-ring (bicyclic) bond motifs is 1. The molecule has 4 heteroatoms. The number of aryl methyl sites for hydroxylation is 2. The number of nitrogens with one attached hydrogen (secondary N) is 1. The molecule has 4 nitrogen and oxygen atoms in total. The minimum Gasteiger partial charge on any atom is -0.309 e. The lowest BCUT2D eigenvalue weighted by atomic mass is 10.0. The van der Waals surface area contributed by atoms with Crippen LogP contribution in [0.25, 0.3) is 5.69 Å². The van der Waals surface area contributed by atoms with Crippen LogP contribution in [0, 0.1) is 13.8 Å². The van der Waals surface area contributed by atoms with Gasteiger partial charge in [-0.05, 0) is 81.0 Å². The molecular weight excluding hydrogens is 368 g/mol. The Balaban J connectivity index is 1.20. The summed E-state index contributed by atoms with van der Waals surface area (Å²) >= 11 is 0. The van der Waals surface area contributed by atoms with Crippen LogP contribution in [0.5, 0.6) is 0 Å². The highest BCUT2D eigenvalue weighted by Crippen LogP contribution is 2.27. The summed E-state index contributed by atoms with van der Waals surface area (Å²) in [5.41, 5.74) is 7.82. The van der Waals surface area contributed by atoms with Crippen LogP contribution in [0.1, 0.15) is 40.9 Å². The Kier molecular flexibility index (Phi) is 5.45. The molecule has 1 fully saturated rings. The average Bonchev–Trinajstić information content (AvgIpc) is 3.35. The predicted molar refractivity (Wildman–Crippen MR) is 122 cm³/mol. The summed E-state index contributed by atoms with van der Waals surface area (Å²) in [6.07, 6.45) is 4.99. The van der Waals surface area contributed by atoms with Crippen LogP contribution in [0.3, 0.4) is 0 Å². The number of aromatic nitrogens is 2. The highest BCUT2D eigenvalue weighted by molar-refractivity contribution is 5.37. The first-order valence-corrected chi connectivity index (χ1v) is 11.3. The number of nitrogens with zero attached hydrogens (tertiary/aromatic N) is 3. The van der Waals surface area contributed by atoms with Crippen molar-refractivity contribution in [3.63, 3.8) is 0 Å². The molecule has 0 bridgehead atoms. The van der Waals surface area contributed by atoms with Gasteiger partial charge in [0.05, 0.1) is 11.4 Å². The van der Waals surface area contributed by atoms with Crippen LogP contribution >= 0.6 is 0 Å². The Hall–Kier alpha value is -2.43. The second kappa shape index (κ2) is 8.37. The maximum Gasteiger partial charge on any atom is 0.0651 e. The normalized spacial score (nSPS) is 19.9. The molecule has 1 saturated heterocycles. The van der Waals surface area contributed by atoms with Crippen molar-refractivity contribution in [3.8, 4) is 5.69 Å². The number of piperidine rings is 1. The largest absolute Gasteiger partial charge is 0.309 e. The van der Waals surface area contributed by atoms with E-state index in [2.05, 4.69) is 76.8 Å². The molecule has 156 valence electrons. The van der Waals surface area contributed by atoms with Crippen molar-refractivity contribution < 1.29 is 0 Å². The number of benzene rings is 2. The zero-order chi connectivity index (χ0) is 20.5. The number of likely N-dealkylation sites (tertiary alicyclic amines) is 1. The van der Waals surface area contributed by atoms with E-state index in [1.165, 1.54) is 43.5 Å². The molecule has 2 aliphatic rings. The summed E-state index contributed by atoms with van der Waals surface area (Å²) in [4.78, 5) is 2.73. The van der Waals surface area contributed by atoms with Crippen LogP contribution in [-0.4, -0.2) is 39.9 Å². The molecular formula is C26H32N4. The van der Waals surface area contributed by atoms with Gasteiger partial charge in [0, 0.05) is 30.9 Å². The van der Waals surface area contributed by atoms with Gasteiger partial charge in [0.15, 0.2) is 0 Å². The first-order chi connectivity index (χ1) is 14.7. The Morgan fingerprint density at radius 1 is 1.00 bits per heavy atom. The van der Waals surface area contributed by atoms with Crippen LogP contribution in [0.2, 0.25) is 0 Å². The lowest BCUT2D eigenvalue weighted by Gasteiger charge is -2.37. The van der Waals surface area contributed by atoms with E-state index in [0.717, 1.165) is 24.5 Å². The lowest BCUT2D eigenvalue weighted by molar-refractivity contribution is 0.140. The van der Waals surface area contributed by atoms with Crippen molar-refractivity contribution >= 4 is 0 Å². The Labute approximate surface area is 179 Å². The fraction of sp³-hybridized carbons (Fsp3) is 0.423. The molecule has 1 aliphatic carbocycles. The summed E-state index contributed by atoms with van der Waals surface area (Å²) in [7, 11) is 0. The van der Waals surface area contributed by atoms with Gasteiger partial charge in [0.2, 0.25) is 0 Å². The van der Waals surface area contributed by atoms with Crippen molar-refractivity contribution in [1.82, 2.24) is 20.0 Å². The molecule has 0 saturated carbocycles. The second-order valence-corrected chi connectivity index (χ2v) is 9.05. The summed E-state index contributed by atoms with van der Waals surface area (Å²) in [6.45, 7) is 7.48. The average molecular weight is 401 g/mol. The first kappa shape index (κ1) is 19.5. The van der Waals surface area contributed by atoms with Crippen LogP contribution in [-0.2, 0) is 19.4 Å². The van der Waals surface area contributed by atoms with E-state index in [4.69, 9.17) is 0 Å².